The van der Waals surface area contributed by atoms with E-state index in [0.29, 0.717) is 6.04 Å². The summed E-state index contributed by atoms with van der Waals surface area (Å²) < 4.78 is 4.88. The summed E-state index contributed by atoms with van der Waals surface area (Å²) in [7, 11) is 0. The normalized spacial score (nSPS) is 14.6. The largest absolute Gasteiger partial charge is 0.333 e. The summed E-state index contributed by atoms with van der Waals surface area (Å²) in [4.78, 5) is 2.39. The van der Waals surface area contributed by atoms with Gasteiger partial charge >= 0.3 is 0 Å². The van der Waals surface area contributed by atoms with Gasteiger partial charge in [-0.05, 0) is 79.2 Å². The smallest absolute Gasteiger partial charge is 0.0560 e. The molecular weight excluding hydrogens is 546 g/mol. The van der Waals surface area contributed by atoms with Crippen molar-refractivity contribution in [3.8, 4) is 5.69 Å². The number of benzene rings is 6. The predicted octanol–water partition coefficient (Wildman–Crippen LogP) is 11.4. The summed E-state index contributed by atoms with van der Waals surface area (Å²) in [6, 6.07) is 53.1. The summed E-state index contributed by atoms with van der Waals surface area (Å²) in [5.74, 6) is 0. The average Bonchev–Trinajstić information content (AvgIpc) is 3.62. The molecular formula is C42H31N3. The fourth-order valence-corrected chi connectivity index (χ4v) is 7.23. The molecule has 0 saturated carbocycles. The highest BCUT2D eigenvalue weighted by Gasteiger charge is 2.21. The molecule has 3 nitrogen and oxygen atoms in total. The van der Waals surface area contributed by atoms with E-state index in [1.54, 1.807) is 0 Å². The van der Waals surface area contributed by atoms with Gasteiger partial charge in [-0.25, -0.2) is 0 Å². The zero-order chi connectivity index (χ0) is 29.7. The highest BCUT2D eigenvalue weighted by molar-refractivity contribution is 6.12. The minimum absolute atomic E-state index is 0.304. The van der Waals surface area contributed by atoms with E-state index >= 15 is 0 Å². The molecule has 0 N–H and O–H groups in total. The Hall–Kier alpha value is -5.80. The molecule has 8 aromatic rings. The van der Waals surface area contributed by atoms with Crippen LogP contribution in [0.4, 0.5) is 17.1 Å². The molecule has 0 bridgehead atoms. The third-order valence-corrected chi connectivity index (χ3v) is 9.18. The lowest BCUT2D eigenvalue weighted by molar-refractivity contribution is 0.648. The van der Waals surface area contributed by atoms with Gasteiger partial charge < -0.3 is 14.0 Å². The van der Waals surface area contributed by atoms with Crippen molar-refractivity contribution in [1.29, 1.82) is 0 Å². The third-order valence-electron chi connectivity index (χ3n) is 9.18. The number of aromatic nitrogens is 2. The molecule has 0 amide bonds. The van der Waals surface area contributed by atoms with Crippen molar-refractivity contribution in [2.75, 3.05) is 4.90 Å². The third kappa shape index (κ3) is 4.12. The van der Waals surface area contributed by atoms with Gasteiger partial charge in [0.05, 0.1) is 17.1 Å². The van der Waals surface area contributed by atoms with Crippen LogP contribution in [0.1, 0.15) is 12.5 Å². The zero-order valence-electron chi connectivity index (χ0n) is 24.8. The number of hydrogen-bond donors (Lipinski definition) is 0. The van der Waals surface area contributed by atoms with Crippen molar-refractivity contribution in [1.82, 2.24) is 9.13 Å². The first-order valence-electron chi connectivity index (χ1n) is 15.6. The first-order valence-corrected chi connectivity index (χ1v) is 15.6. The van der Waals surface area contributed by atoms with E-state index in [2.05, 4.69) is 184 Å². The van der Waals surface area contributed by atoms with Crippen LogP contribution in [0.15, 0.2) is 170 Å². The maximum atomic E-state index is 2.51. The molecule has 45 heavy (non-hydrogen) atoms. The van der Waals surface area contributed by atoms with Crippen LogP contribution in [0.3, 0.4) is 0 Å². The fourth-order valence-electron chi connectivity index (χ4n) is 7.23. The number of anilines is 3. The second kappa shape index (κ2) is 10.4. The standard InChI is InChI=1S/C42H31N3/c1-4-14-30(15-5-1)43(33-24-26-41-37(28-33)35-20-10-12-22-39(35)44(41)31-16-6-2-7-17-31)34-25-27-42-38(29-34)36-21-11-13-23-40(36)45(42)32-18-8-3-9-19-32/h1-18,20-29,32H,19H2. The van der Waals surface area contributed by atoms with Crippen LogP contribution in [-0.4, -0.2) is 9.13 Å². The Bertz CT molecular complexity index is 2410. The molecule has 2 aromatic heterocycles. The molecule has 0 radical (unpaired) electrons. The molecule has 0 spiro atoms. The number of nitrogens with zero attached hydrogens (tertiary/aromatic N) is 3. The zero-order valence-corrected chi connectivity index (χ0v) is 24.8. The molecule has 1 aliphatic rings. The van der Waals surface area contributed by atoms with Crippen molar-refractivity contribution < 1.29 is 0 Å². The van der Waals surface area contributed by atoms with Gasteiger partial charge in [-0.3, -0.25) is 0 Å². The lowest BCUT2D eigenvalue weighted by atomic mass is 10.1. The summed E-state index contributed by atoms with van der Waals surface area (Å²) in [5, 5.41) is 5.04. The number of fused-ring (bicyclic) bond motifs is 6. The van der Waals surface area contributed by atoms with Gasteiger partial charge in [0.1, 0.15) is 0 Å². The Morgan fingerprint density at radius 3 is 1.73 bits per heavy atom. The van der Waals surface area contributed by atoms with Crippen molar-refractivity contribution in [2.24, 2.45) is 0 Å². The van der Waals surface area contributed by atoms with Crippen molar-refractivity contribution in [3.05, 3.63) is 170 Å². The molecule has 0 aliphatic heterocycles. The van der Waals surface area contributed by atoms with Gasteiger partial charge in [0.15, 0.2) is 0 Å². The Labute approximate surface area is 262 Å². The molecule has 1 unspecified atom stereocenters. The molecule has 0 fully saturated rings. The number of rotatable bonds is 5. The van der Waals surface area contributed by atoms with Gasteiger partial charge in [-0.15, -0.1) is 0 Å². The Kier molecular flexibility index (Phi) is 5.95. The van der Waals surface area contributed by atoms with E-state index in [0.717, 1.165) is 23.5 Å². The summed E-state index contributed by atoms with van der Waals surface area (Å²) >= 11 is 0. The number of para-hydroxylation sites is 4. The second-order valence-corrected chi connectivity index (χ2v) is 11.8. The quantitative estimate of drug-likeness (QED) is 0.198. The first kappa shape index (κ1) is 25.7. The van der Waals surface area contributed by atoms with Crippen LogP contribution in [0.25, 0.3) is 49.3 Å². The fraction of sp³-hybridized carbons (Fsp3) is 0.0476. The summed E-state index contributed by atoms with van der Waals surface area (Å²) in [6.07, 6.45) is 9.90. The highest BCUT2D eigenvalue weighted by Crippen LogP contribution is 2.42. The number of hydrogen-bond acceptors (Lipinski definition) is 1. The van der Waals surface area contributed by atoms with Gasteiger partial charge in [0.25, 0.3) is 0 Å². The highest BCUT2D eigenvalue weighted by atomic mass is 15.1. The van der Waals surface area contributed by atoms with E-state index in [9.17, 15) is 0 Å². The molecule has 3 heteroatoms. The molecule has 1 aliphatic carbocycles. The van der Waals surface area contributed by atoms with Gasteiger partial charge in [0, 0.05) is 55.3 Å². The van der Waals surface area contributed by atoms with Crippen LogP contribution < -0.4 is 4.90 Å². The minimum atomic E-state index is 0.304. The van der Waals surface area contributed by atoms with E-state index < -0.39 is 0 Å². The molecule has 6 aromatic carbocycles. The van der Waals surface area contributed by atoms with Crippen molar-refractivity contribution in [2.45, 2.75) is 12.5 Å². The average molecular weight is 578 g/mol. The molecule has 214 valence electrons. The van der Waals surface area contributed by atoms with Gasteiger partial charge in [0.2, 0.25) is 0 Å². The van der Waals surface area contributed by atoms with Gasteiger partial charge in [-0.1, -0.05) is 97.1 Å². The van der Waals surface area contributed by atoms with Gasteiger partial charge in [-0.2, -0.15) is 0 Å². The van der Waals surface area contributed by atoms with Crippen LogP contribution >= 0.6 is 0 Å². The van der Waals surface area contributed by atoms with Crippen LogP contribution in [0.2, 0.25) is 0 Å². The van der Waals surface area contributed by atoms with Crippen molar-refractivity contribution in [3.63, 3.8) is 0 Å². The second-order valence-electron chi connectivity index (χ2n) is 11.8. The van der Waals surface area contributed by atoms with Crippen molar-refractivity contribution >= 4 is 60.7 Å². The Balaban J connectivity index is 1.27. The predicted molar refractivity (Wildman–Crippen MR) is 190 cm³/mol. The maximum Gasteiger partial charge on any atom is 0.0560 e. The molecule has 0 saturated heterocycles. The summed E-state index contributed by atoms with van der Waals surface area (Å²) in [5.41, 5.74) is 9.52. The lowest BCUT2D eigenvalue weighted by Crippen LogP contribution is -2.10. The number of allylic oxidation sites excluding steroid dienone is 4. The van der Waals surface area contributed by atoms with Crippen LogP contribution in [-0.2, 0) is 0 Å². The lowest BCUT2D eigenvalue weighted by Gasteiger charge is -2.26. The molecule has 2 heterocycles. The van der Waals surface area contributed by atoms with E-state index in [-0.39, 0.29) is 0 Å². The molecule has 1 atom stereocenters. The molecule has 9 rings (SSSR count). The summed E-state index contributed by atoms with van der Waals surface area (Å²) in [6.45, 7) is 0. The Morgan fingerprint density at radius 1 is 0.467 bits per heavy atom. The maximum absolute atomic E-state index is 2.51. The Morgan fingerprint density at radius 2 is 1.02 bits per heavy atom. The van der Waals surface area contributed by atoms with E-state index in [1.165, 1.54) is 49.3 Å². The monoisotopic (exact) mass is 577 g/mol. The topological polar surface area (TPSA) is 13.1 Å². The SMILES string of the molecule is C1=CCC(n2c3ccccc3c3cc(N(c4ccccc4)c4ccc5c(c4)c4ccccc4n5-c4ccccc4)ccc32)C=C1. The van der Waals surface area contributed by atoms with E-state index in [1.807, 2.05) is 0 Å². The van der Waals surface area contributed by atoms with E-state index in [4.69, 9.17) is 0 Å². The minimum Gasteiger partial charge on any atom is -0.333 e. The van der Waals surface area contributed by atoms with Crippen LogP contribution in [0.5, 0.6) is 0 Å². The first-order chi connectivity index (χ1) is 22.3. The van der Waals surface area contributed by atoms with Crippen LogP contribution in [0, 0.1) is 0 Å².